The van der Waals surface area contributed by atoms with E-state index in [0.29, 0.717) is 17.5 Å². The average molecular weight is 288 g/mol. The normalized spacial score (nSPS) is 30.2. The SMILES string of the molecule is CC1CN(CC2(C)CCOCC2)C(c2ccccc2)CN1. The summed E-state index contributed by atoms with van der Waals surface area (Å²) in [5, 5.41) is 3.64. The molecule has 2 aliphatic heterocycles. The quantitative estimate of drug-likeness (QED) is 0.925. The Kier molecular flexibility index (Phi) is 4.63. The first-order valence-corrected chi connectivity index (χ1v) is 8.26. The summed E-state index contributed by atoms with van der Waals surface area (Å²) in [4.78, 5) is 2.70. The Labute approximate surface area is 128 Å². The summed E-state index contributed by atoms with van der Waals surface area (Å²) in [6, 6.07) is 12.0. The summed E-state index contributed by atoms with van der Waals surface area (Å²) in [6.45, 7) is 9.95. The highest BCUT2D eigenvalue weighted by molar-refractivity contribution is 5.20. The van der Waals surface area contributed by atoms with Crippen molar-refractivity contribution >= 4 is 0 Å². The number of hydrogen-bond donors (Lipinski definition) is 1. The van der Waals surface area contributed by atoms with E-state index in [4.69, 9.17) is 4.74 Å². The molecule has 3 nitrogen and oxygen atoms in total. The molecule has 1 aromatic rings. The number of ether oxygens (including phenoxy) is 1. The van der Waals surface area contributed by atoms with Crippen LogP contribution < -0.4 is 5.32 Å². The van der Waals surface area contributed by atoms with Crippen LogP contribution in [0.1, 0.15) is 38.3 Å². The van der Waals surface area contributed by atoms with E-state index in [-0.39, 0.29) is 0 Å². The van der Waals surface area contributed by atoms with Gasteiger partial charge in [-0.15, -0.1) is 0 Å². The highest BCUT2D eigenvalue weighted by Crippen LogP contribution is 2.34. The molecule has 0 bridgehead atoms. The zero-order valence-electron chi connectivity index (χ0n) is 13.3. The van der Waals surface area contributed by atoms with Crippen LogP contribution in [-0.2, 0) is 4.74 Å². The Bertz CT molecular complexity index is 442. The molecule has 2 fully saturated rings. The second-order valence-electron chi connectivity index (χ2n) is 7.09. The lowest BCUT2D eigenvalue weighted by Gasteiger charge is -2.45. The minimum absolute atomic E-state index is 0.405. The van der Waals surface area contributed by atoms with E-state index in [1.165, 1.54) is 24.9 Å². The van der Waals surface area contributed by atoms with Crippen LogP contribution in [0.25, 0.3) is 0 Å². The molecule has 2 atom stereocenters. The average Bonchev–Trinajstić information content (AvgIpc) is 2.48. The van der Waals surface area contributed by atoms with Crippen molar-refractivity contribution in [3.63, 3.8) is 0 Å². The number of piperazine rings is 1. The van der Waals surface area contributed by atoms with Gasteiger partial charge in [-0.3, -0.25) is 4.90 Å². The van der Waals surface area contributed by atoms with Crippen molar-refractivity contribution in [1.29, 1.82) is 0 Å². The zero-order valence-corrected chi connectivity index (χ0v) is 13.3. The number of rotatable bonds is 3. The third kappa shape index (κ3) is 3.65. The van der Waals surface area contributed by atoms with Crippen molar-refractivity contribution in [2.24, 2.45) is 5.41 Å². The topological polar surface area (TPSA) is 24.5 Å². The van der Waals surface area contributed by atoms with E-state index < -0.39 is 0 Å². The third-order valence-electron chi connectivity index (χ3n) is 5.08. The van der Waals surface area contributed by atoms with Gasteiger partial charge in [0.05, 0.1) is 0 Å². The van der Waals surface area contributed by atoms with Crippen LogP contribution in [0, 0.1) is 5.41 Å². The zero-order chi connectivity index (χ0) is 14.7. The number of nitrogens with zero attached hydrogens (tertiary/aromatic N) is 1. The van der Waals surface area contributed by atoms with Gasteiger partial charge in [0, 0.05) is 44.9 Å². The van der Waals surface area contributed by atoms with Gasteiger partial charge < -0.3 is 10.1 Å². The lowest BCUT2D eigenvalue weighted by atomic mass is 9.81. The van der Waals surface area contributed by atoms with Crippen molar-refractivity contribution in [2.45, 2.75) is 38.8 Å². The Hall–Kier alpha value is -0.900. The standard InChI is InChI=1S/C18H28N2O/c1-15-13-20(14-18(2)8-10-21-11-9-18)17(12-19-15)16-6-4-3-5-7-16/h3-7,15,17,19H,8-14H2,1-2H3. The van der Waals surface area contributed by atoms with Crippen LogP contribution in [0.5, 0.6) is 0 Å². The molecule has 116 valence electrons. The first-order valence-electron chi connectivity index (χ1n) is 8.26. The fourth-order valence-corrected chi connectivity index (χ4v) is 3.68. The maximum Gasteiger partial charge on any atom is 0.0473 e. The highest BCUT2D eigenvalue weighted by atomic mass is 16.5. The maximum atomic E-state index is 5.56. The molecule has 0 radical (unpaired) electrons. The summed E-state index contributed by atoms with van der Waals surface area (Å²) in [6.07, 6.45) is 2.37. The van der Waals surface area contributed by atoms with E-state index >= 15 is 0 Å². The Morgan fingerprint density at radius 1 is 1.24 bits per heavy atom. The van der Waals surface area contributed by atoms with Gasteiger partial charge in [-0.25, -0.2) is 0 Å². The van der Waals surface area contributed by atoms with Crippen LogP contribution in [0.3, 0.4) is 0 Å². The monoisotopic (exact) mass is 288 g/mol. The van der Waals surface area contributed by atoms with E-state index in [9.17, 15) is 0 Å². The van der Waals surface area contributed by atoms with Crippen molar-refractivity contribution in [3.05, 3.63) is 35.9 Å². The molecule has 3 rings (SSSR count). The fourth-order valence-electron chi connectivity index (χ4n) is 3.68. The highest BCUT2D eigenvalue weighted by Gasteiger charge is 2.35. The molecule has 2 heterocycles. The molecule has 0 aromatic heterocycles. The molecule has 2 aliphatic rings. The minimum atomic E-state index is 0.405. The van der Waals surface area contributed by atoms with Crippen LogP contribution in [0.2, 0.25) is 0 Å². The fraction of sp³-hybridized carbons (Fsp3) is 0.667. The molecular formula is C18H28N2O. The van der Waals surface area contributed by atoms with Crippen LogP contribution >= 0.6 is 0 Å². The second-order valence-corrected chi connectivity index (χ2v) is 7.09. The molecule has 3 heteroatoms. The molecular weight excluding hydrogens is 260 g/mol. The van der Waals surface area contributed by atoms with Crippen LogP contribution in [0.15, 0.2) is 30.3 Å². The molecule has 1 N–H and O–H groups in total. The van der Waals surface area contributed by atoms with Crippen molar-refractivity contribution in [2.75, 3.05) is 32.8 Å². The Morgan fingerprint density at radius 3 is 2.67 bits per heavy atom. The first kappa shape index (κ1) is 15.0. The van der Waals surface area contributed by atoms with Gasteiger partial charge in [-0.05, 0) is 30.7 Å². The molecule has 2 unspecified atom stereocenters. The largest absolute Gasteiger partial charge is 0.381 e. The van der Waals surface area contributed by atoms with Crippen LogP contribution in [0.4, 0.5) is 0 Å². The van der Waals surface area contributed by atoms with Crippen molar-refractivity contribution in [3.8, 4) is 0 Å². The van der Waals surface area contributed by atoms with Gasteiger partial charge in [-0.1, -0.05) is 37.3 Å². The van der Waals surface area contributed by atoms with Gasteiger partial charge >= 0.3 is 0 Å². The summed E-state index contributed by atoms with van der Waals surface area (Å²) in [5.74, 6) is 0. The Balaban J connectivity index is 1.75. The van der Waals surface area contributed by atoms with Crippen molar-refractivity contribution < 1.29 is 4.74 Å². The van der Waals surface area contributed by atoms with E-state index in [1.807, 2.05) is 0 Å². The molecule has 1 aromatic carbocycles. The summed E-state index contributed by atoms with van der Waals surface area (Å²) < 4.78 is 5.56. The summed E-state index contributed by atoms with van der Waals surface area (Å²) >= 11 is 0. The number of nitrogens with one attached hydrogen (secondary N) is 1. The molecule has 0 aliphatic carbocycles. The molecule has 2 saturated heterocycles. The van der Waals surface area contributed by atoms with Crippen LogP contribution in [-0.4, -0.2) is 43.8 Å². The van der Waals surface area contributed by atoms with E-state index in [0.717, 1.165) is 26.3 Å². The van der Waals surface area contributed by atoms with Gasteiger partial charge in [0.2, 0.25) is 0 Å². The third-order valence-corrected chi connectivity index (χ3v) is 5.08. The second kappa shape index (κ2) is 6.47. The molecule has 0 spiro atoms. The predicted molar refractivity (Wildman–Crippen MR) is 86.4 cm³/mol. The van der Waals surface area contributed by atoms with Gasteiger partial charge in [0.15, 0.2) is 0 Å². The maximum absolute atomic E-state index is 5.56. The van der Waals surface area contributed by atoms with Gasteiger partial charge in [-0.2, -0.15) is 0 Å². The minimum Gasteiger partial charge on any atom is -0.381 e. The van der Waals surface area contributed by atoms with E-state index in [2.05, 4.69) is 54.4 Å². The molecule has 0 amide bonds. The van der Waals surface area contributed by atoms with Crippen molar-refractivity contribution in [1.82, 2.24) is 10.2 Å². The smallest absolute Gasteiger partial charge is 0.0473 e. The summed E-state index contributed by atoms with van der Waals surface area (Å²) in [5.41, 5.74) is 1.84. The molecule has 0 saturated carbocycles. The first-order chi connectivity index (χ1) is 10.2. The van der Waals surface area contributed by atoms with Gasteiger partial charge in [0.25, 0.3) is 0 Å². The Morgan fingerprint density at radius 2 is 1.95 bits per heavy atom. The van der Waals surface area contributed by atoms with E-state index in [1.54, 1.807) is 0 Å². The predicted octanol–water partition coefficient (Wildman–Crippen LogP) is 2.84. The lowest BCUT2D eigenvalue weighted by molar-refractivity contribution is -0.0102. The lowest BCUT2D eigenvalue weighted by Crippen LogP contribution is -2.54. The number of hydrogen-bond acceptors (Lipinski definition) is 3. The number of benzene rings is 1. The van der Waals surface area contributed by atoms with Gasteiger partial charge in [0.1, 0.15) is 0 Å². The summed E-state index contributed by atoms with van der Waals surface area (Å²) in [7, 11) is 0. The molecule has 21 heavy (non-hydrogen) atoms.